The van der Waals surface area contributed by atoms with Crippen LogP contribution in [-0.2, 0) is 0 Å². The Balaban J connectivity index is 2.16. The summed E-state index contributed by atoms with van der Waals surface area (Å²) in [5.41, 5.74) is 0. The van der Waals surface area contributed by atoms with Gasteiger partial charge in [-0.1, -0.05) is 18.2 Å². The molecule has 0 radical (unpaired) electrons. The van der Waals surface area contributed by atoms with Crippen molar-refractivity contribution in [3.05, 3.63) is 48.2 Å². The van der Waals surface area contributed by atoms with E-state index in [9.17, 15) is 0 Å². The zero-order chi connectivity index (χ0) is 9.80. The van der Waals surface area contributed by atoms with Crippen LogP contribution in [0.1, 0.15) is 5.76 Å². The van der Waals surface area contributed by atoms with Crippen molar-refractivity contribution in [2.75, 3.05) is 0 Å². The van der Waals surface area contributed by atoms with Crippen LogP contribution < -0.4 is 4.74 Å². The molecule has 2 aromatic rings. The van der Waals surface area contributed by atoms with Crippen molar-refractivity contribution < 1.29 is 9.15 Å². The number of furan rings is 1. The molecule has 68 valence electrons. The molecule has 0 amide bonds. The maximum atomic E-state index is 8.52. The predicted molar refractivity (Wildman–Crippen MR) is 49.9 cm³/mol. The Bertz CT molecular complexity index is 454. The number of nitriles is 1. The molecule has 14 heavy (non-hydrogen) atoms. The van der Waals surface area contributed by atoms with Crippen LogP contribution in [0.2, 0.25) is 0 Å². The van der Waals surface area contributed by atoms with E-state index >= 15 is 0 Å². The van der Waals surface area contributed by atoms with E-state index in [-0.39, 0.29) is 5.76 Å². The van der Waals surface area contributed by atoms with Crippen LogP contribution in [0, 0.1) is 11.3 Å². The second-order valence-corrected chi connectivity index (χ2v) is 2.65. The van der Waals surface area contributed by atoms with Gasteiger partial charge in [0.25, 0.3) is 5.95 Å². The van der Waals surface area contributed by atoms with E-state index in [1.165, 1.54) is 0 Å². The van der Waals surface area contributed by atoms with Crippen LogP contribution in [0.4, 0.5) is 0 Å². The maximum Gasteiger partial charge on any atom is 0.291 e. The Kier molecular flexibility index (Phi) is 2.20. The van der Waals surface area contributed by atoms with Crippen LogP contribution >= 0.6 is 0 Å². The van der Waals surface area contributed by atoms with Crippen molar-refractivity contribution in [1.82, 2.24) is 0 Å². The van der Waals surface area contributed by atoms with Gasteiger partial charge in [-0.05, 0) is 18.2 Å². The van der Waals surface area contributed by atoms with E-state index in [1.54, 1.807) is 12.1 Å². The third-order valence-corrected chi connectivity index (χ3v) is 1.65. The van der Waals surface area contributed by atoms with Crippen LogP contribution in [-0.4, -0.2) is 0 Å². The summed E-state index contributed by atoms with van der Waals surface area (Å²) >= 11 is 0. The second kappa shape index (κ2) is 3.67. The zero-order valence-corrected chi connectivity index (χ0v) is 7.31. The standard InChI is InChI=1S/C11H7NO2/c12-8-10-6-7-11(14-10)13-9-4-2-1-3-5-9/h1-7H. The number of benzene rings is 1. The van der Waals surface area contributed by atoms with Gasteiger partial charge < -0.3 is 9.15 Å². The van der Waals surface area contributed by atoms with Gasteiger partial charge in [0.1, 0.15) is 11.8 Å². The van der Waals surface area contributed by atoms with Crippen LogP contribution in [0.5, 0.6) is 11.7 Å². The van der Waals surface area contributed by atoms with E-state index in [1.807, 2.05) is 36.4 Å². The lowest BCUT2D eigenvalue weighted by Crippen LogP contribution is -1.79. The molecule has 1 aromatic heterocycles. The van der Waals surface area contributed by atoms with Gasteiger partial charge in [0, 0.05) is 6.07 Å². The van der Waals surface area contributed by atoms with Crippen molar-refractivity contribution in [3.8, 4) is 17.8 Å². The number of hydrogen-bond donors (Lipinski definition) is 0. The lowest BCUT2D eigenvalue weighted by molar-refractivity contribution is 0.343. The number of hydrogen-bond acceptors (Lipinski definition) is 3. The highest BCUT2D eigenvalue weighted by molar-refractivity contribution is 5.28. The molecular formula is C11H7NO2. The van der Waals surface area contributed by atoms with Gasteiger partial charge in [0.2, 0.25) is 5.76 Å². The summed E-state index contributed by atoms with van der Waals surface area (Å²) in [7, 11) is 0. The van der Waals surface area contributed by atoms with Gasteiger partial charge in [-0.2, -0.15) is 5.26 Å². The summed E-state index contributed by atoms with van der Waals surface area (Å²) in [5, 5.41) is 8.52. The lowest BCUT2D eigenvalue weighted by atomic mass is 10.3. The normalized spacial score (nSPS) is 9.36. The minimum Gasteiger partial charge on any atom is -0.426 e. The summed E-state index contributed by atoms with van der Waals surface area (Å²) in [4.78, 5) is 0. The largest absolute Gasteiger partial charge is 0.426 e. The summed E-state index contributed by atoms with van der Waals surface area (Å²) in [6.45, 7) is 0. The number of ether oxygens (including phenoxy) is 1. The maximum absolute atomic E-state index is 8.52. The molecule has 0 fully saturated rings. The quantitative estimate of drug-likeness (QED) is 0.722. The minimum atomic E-state index is 0.246. The van der Waals surface area contributed by atoms with Gasteiger partial charge in [-0.3, -0.25) is 0 Å². The van der Waals surface area contributed by atoms with E-state index < -0.39 is 0 Å². The fourth-order valence-corrected chi connectivity index (χ4v) is 1.04. The van der Waals surface area contributed by atoms with Gasteiger partial charge in [0.05, 0.1) is 0 Å². The Labute approximate surface area is 81.2 Å². The van der Waals surface area contributed by atoms with Crippen molar-refractivity contribution in [2.45, 2.75) is 0 Å². The van der Waals surface area contributed by atoms with E-state index in [2.05, 4.69) is 0 Å². The first-order valence-electron chi connectivity index (χ1n) is 4.11. The van der Waals surface area contributed by atoms with Crippen LogP contribution in [0.3, 0.4) is 0 Å². The van der Waals surface area contributed by atoms with Crippen LogP contribution in [0.15, 0.2) is 46.9 Å². The highest BCUT2D eigenvalue weighted by atomic mass is 16.6. The molecule has 1 aromatic carbocycles. The molecule has 0 saturated carbocycles. The molecule has 0 N–H and O–H groups in total. The molecule has 0 aliphatic rings. The first-order valence-corrected chi connectivity index (χ1v) is 4.11. The van der Waals surface area contributed by atoms with E-state index in [0.29, 0.717) is 11.7 Å². The molecule has 0 aliphatic heterocycles. The molecule has 0 atom stereocenters. The molecule has 0 spiro atoms. The average molecular weight is 185 g/mol. The summed E-state index contributed by atoms with van der Waals surface area (Å²) < 4.78 is 10.4. The first kappa shape index (κ1) is 8.39. The molecule has 2 rings (SSSR count). The van der Waals surface area contributed by atoms with E-state index in [0.717, 1.165) is 0 Å². The molecule has 0 unspecified atom stereocenters. The predicted octanol–water partition coefficient (Wildman–Crippen LogP) is 2.94. The van der Waals surface area contributed by atoms with Gasteiger partial charge in [-0.15, -0.1) is 0 Å². The van der Waals surface area contributed by atoms with Crippen LogP contribution in [0.25, 0.3) is 0 Å². The fourth-order valence-electron chi connectivity index (χ4n) is 1.04. The number of rotatable bonds is 2. The molecule has 0 saturated heterocycles. The van der Waals surface area contributed by atoms with Crippen molar-refractivity contribution in [1.29, 1.82) is 5.26 Å². The fraction of sp³-hybridized carbons (Fsp3) is 0. The monoisotopic (exact) mass is 185 g/mol. The van der Waals surface area contributed by atoms with E-state index in [4.69, 9.17) is 14.4 Å². The third-order valence-electron chi connectivity index (χ3n) is 1.65. The number of para-hydroxylation sites is 1. The molecular weight excluding hydrogens is 178 g/mol. The smallest absolute Gasteiger partial charge is 0.291 e. The first-order chi connectivity index (χ1) is 6.88. The van der Waals surface area contributed by atoms with Gasteiger partial charge in [-0.25, -0.2) is 0 Å². The SMILES string of the molecule is N#Cc1ccc(Oc2ccccc2)o1. The van der Waals surface area contributed by atoms with Crippen molar-refractivity contribution in [2.24, 2.45) is 0 Å². The highest BCUT2D eigenvalue weighted by Gasteiger charge is 2.02. The topological polar surface area (TPSA) is 46.2 Å². The number of nitrogens with zero attached hydrogens (tertiary/aromatic N) is 1. The third kappa shape index (κ3) is 1.75. The van der Waals surface area contributed by atoms with Gasteiger partial charge >= 0.3 is 0 Å². The van der Waals surface area contributed by atoms with Crippen molar-refractivity contribution in [3.63, 3.8) is 0 Å². The summed E-state index contributed by atoms with van der Waals surface area (Å²) in [6.07, 6.45) is 0. The Morgan fingerprint density at radius 1 is 1.07 bits per heavy atom. The molecule has 1 heterocycles. The minimum absolute atomic E-state index is 0.246. The Hall–Kier alpha value is -2.21. The second-order valence-electron chi connectivity index (χ2n) is 2.65. The molecule has 0 bridgehead atoms. The zero-order valence-electron chi connectivity index (χ0n) is 7.31. The summed E-state index contributed by atoms with van der Waals surface area (Å²) in [6, 6.07) is 14.3. The Morgan fingerprint density at radius 2 is 1.86 bits per heavy atom. The molecule has 3 nitrogen and oxygen atoms in total. The molecule has 0 aliphatic carbocycles. The molecule has 3 heteroatoms. The highest BCUT2D eigenvalue weighted by Crippen LogP contribution is 2.22. The lowest BCUT2D eigenvalue weighted by Gasteiger charge is -1.99. The van der Waals surface area contributed by atoms with Gasteiger partial charge in [0.15, 0.2) is 0 Å². The summed E-state index contributed by atoms with van der Waals surface area (Å²) in [5.74, 6) is 1.26. The Morgan fingerprint density at radius 3 is 2.50 bits per heavy atom. The average Bonchev–Trinajstić information content (AvgIpc) is 2.67. The van der Waals surface area contributed by atoms with Crippen molar-refractivity contribution >= 4 is 0 Å².